The summed E-state index contributed by atoms with van der Waals surface area (Å²) in [6.45, 7) is 0.490. The van der Waals surface area contributed by atoms with Crippen molar-refractivity contribution in [2.75, 3.05) is 0 Å². The molecule has 4 aromatic rings. The Kier molecular flexibility index (Phi) is 4.27. The van der Waals surface area contributed by atoms with Crippen LogP contribution in [0.5, 0.6) is 5.75 Å². The third-order valence-corrected chi connectivity index (χ3v) is 4.42. The number of aromatic hydroxyl groups is 1. The Morgan fingerprint density at radius 2 is 1.90 bits per heavy atom. The number of H-pyrrole nitrogens is 1. The molecule has 0 aliphatic heterocycles. The number of rotatable bonds is 3. The number of fused-ring (bicyclic) bond motifs is 1. The molecule has 29 heavy (non-hydrogen) atoms. The molecule has 0 aliphatic rings. The molecule has 2 aromatic carbocycles. The van der Waals surface area contributed by atoms with Crippen molar-refractivity contribution in [3.63, 3.8) is 0 Å². The van der Waals surface area contributed by atoms with Crippen molar-refractivity contribution in [2.45, 2.75) is 19.6 Å². The van der Waals surface area contributed by atoms with Crippen LogP contribution in [0.2, 0.25) is 0 Å². The van der Waals surface area contributed by atoms with E-state index in [9.17, 15) is 18.3 Å². The van der Waals surface area contributed by atoms with Crippen molar-refractivity contribution in [3.8, 4) is 34.6 Å². The van der Waals surface area contributed by atoms with Crippen molar-refractivity contribution in [2.24, 2.45) is 0 Å². The number of benzene rings is 2. The van der Waals surface area contributed by atoms with Gasteiger partial charge in [-0.15, -0.1) is 0 Å². The van der Waals surface area contributed by atoms with E-state index in [0.29, 0.717) is 26.8 Å². The van der Waals surface area contributed by atoms with Crippen LogP contribution >= 0.6 is 0 Å². The fourth-order valence-corrected chi connectivity index (χ4v) is 3.06. The minimum absolute atomic E-state index is 0.0300. The fraction of sp³-hybridized carbons (Fsp3) is 0.150. The third kappa shape index (κ3) is 3.52. The number of hydrogen-bond acceptors (Lipinski definition) is 4. The molecule has 146 valence electrons. The first kappa shape index (κ1) is 18.6. The first-order valence-corrected chi connectivity index (χ1v) is 8.59. The molecule has 2 aromatic heterocycles. The number of hydrogen-bond donors (Lipinski definition) is 2. The summed E-state index contributed by atoms with van der Waals surface area (Å²) < 4.78 is 40.1. The number of imidazole rings is 1. The highest BCUT2D eigenvalue weighted by Gasteiger charge is 2.33. The lowest BCUT2D eigenvalue weighted by molar-refractivity contribution is -0.142. The van der Waals surface area contributed by atoms with E-state index in [4.69, 9.17) is 5.26 Å². The zero-order valence-corrected chi connectivity index (χ0v) is 15.1. The van der Waals surface area contributed by atoms with E-state index < -0.39 is 18.5 Å². The Bertz CT molecular complexity index is 1250. The van der Waals surface area contributed by atoms with Gasteiger partial charge in [-0.3, -0.25) is 0 Å². The van der Waals surface area contributed by atoms with Gasteiger partial charge in [-0.25, -0.2) is 9.67 Å². The van der Waals surface area contributed by atoms with Crippen molar-refractivity contribution < 1.29 is 18.3 Å². The summed E-state index contributed by atoms with van der Waals surface area (Å²) in [4.78, 5) is 7.16. The van der Waals surface area contributed by atoms with Crippen molar-refractivity contribution in [1.82, 2.24) is 19.7 Å². The summed E-state index contributed by atoms with van der Waals surface area (Å²) in [5, 5.41) is 23.8. The first-order valence-electron chi connectivity index (χ1n) is 8.59. The number of halogens is 3. The molecule has 9 heteroatoms. The monoisotopic (exact) mass is 397 g/mol. The lowest BCUT2D eigenvalue weighted by Gasteiger charge is -2.08. The topological polar surface area (TPSA) is 90.5 Å². The van der Waals surface area contributed by atoms with Gasteiger partial charge in [0.2, 0.25) is 0 Å². The van der Waals surface area contributed by atoms with Gasteiger partial charge < -0.3 is 10.1 Å². The molecule has 2 N–H and O–H groups in total. The van der Waals surface area contributed by atoms with Gasteiger partial charge in [0.1, 0.15) is 17.9 Å². The van der Waals surface area contributed by atoms with E-state index in [0.717, 1.165) is 5.56 Å². The first-order chi connectivity index (χ1) is 13.7. The van der Waals surface area contributed by atoms with Crippen molar-refractivity contribution in [1.29, 1.82) is 5.26 Å². The van der Waals surface area contributed by atoms with Crippen LogP contribution in [0.25, 0.3) is 33.8 Å². The number of aryl methyl sites for hydroxylation is 1. The Morgan fingerprint density at radius 3 is 2.55 bits per heavy atom. The van der Waals surface area contributed by atoms with E-state index in [2.05, 4.69) is 15.1 Å². The zero-order valence-electron chi connectivity index (χ0n) is 15.1. The molecule has 0 aliphatic carbocycles. The number of nitriles is 1. The largest absolute Gasteiger partial charge is 0.504 e. The van der Waals surface area contributed by atoms with E-state index in [-0.39, 0.29) is 17.2 Å². The van der Waals surface area contributed by atoms with Gasteiger partial charge in [0.15, 0.2) is 11.6 Å². The Hall–Kier alpha value is -3.80. The standard InChI is InChI=1S/C20H14F3N5O/c1-11-2-5-13(6-3-11)16-18(29)17(28(27-16)10-20(21,22)23)19-25-14-7-4-12(9-24)8-15(14)26-19/h2-8,29H,10H2,1H3,(H,25,26). The van der Waals surface area contributed by atoms with Gasteiger partial charge in [-0.2, -0.15) is 23.5 Å². The van der Waals surface area contributed by atoms with E-state index in [1.165, 1.54) is 6.07 Å². The SMILES string of the molecule is Cc1ccc(-c2nn(CC(F)(F)F)c(-c3nc4cc(C#N)ccc4[nH]3)c2O)cc1. The predicted molar refractivity (Wildman–Crippen MR) is 99.9 cm³/mol. The molecule has 6 nitrogen and oxygen atoms in total. The van der Waals surface area contributed by atoms with Gasteiger partial charge in [-0.05, 0) is 25.1 Å². The molecule has 4 rings (SSSR count). The lowest BCUT2D eigenvalue weighted by Crippen LogP contribution is -2.19. The maximum atomic E-state index is 13.1. The Balaban J connectivity index is 1.91. The molecule has 0 spiro atoms. The quantitative estimate of drug-likeness (QED) is 0.531. The average molecular weight is 397 g/mol. The molecular formula is C20H14F3N5O. The smallest absolute Gasteiger partial charge is 0.408 e. The van der Waals surface area contributed by atoms with Gasteiger partial charge in [0.05, 0.1) is 22.7 Å². The van der Waals surface area contributed by atoms with Crippen molar-refractivity contribution in [3.05, 3.63) is 53.6 Å². The average Bonchev–Trinajstić information content (AvgIpc) is 3.20. The molecule has 0 saturated carbocycles. The van der Waals surface area contributed by atoms with Crippen LogP contribution in [0.3, 0.4) is 0 Å². The predicted octanol–water partition coefficient (Wildman–Crippen LogP) is 4.54. The second-order valence-corrected chi connectivity index (χ2v) is 6.61. The van der Waals surface area contributed by atoms with Crippen LogP contribution in [-0.2, 0) is 6.54 Å². The maximum absolute atomic E-state index is 13.1. The van der Waals surface area contributed by atoms with Crippen LogP contribution in [0.1, 0.15) is 11.1 Å². The highest BCUT2D eigenvalue weighted by atomic mass is 19.4. The number of nitrogens with zero attached hydrogens (tertiary/aromatic N) is 4. The summed E-state index contributed by atoms with van der Waals surface area (Å²) in [6, 6.07) is 13.6. The van der Waals surface area contributed by atoms with Crippen molar-refractivity contribution >= 4 is 11.0 Å². The summed E-state index contributed by atoms with van der Waals surface area (Å²) in [5.41, 5.74) is 2.59. The zero-order chi connectivity index (χ0) is 20.8. The number of nitrogens with one attached hydrogen (secondary N) is 1. The molecule has 0 atom stereocenters. The molecule has 0 amide bonds. The van der Waals surface area contributed by atoms with Crippen LogP contribution < -0.4 is 0 Å². The van der Waals surface area contributed by atoms with Gasteiger partial charge >= 0.3 is 6.18 Å². The van der Waals surface area contributed by atoms with Crippen LogP contribution in [0.4, 0.5) is 13.2 Å². The number of alkyl halides is 3. The Morgan fingerprint density at radius 1 is 1.17 bits per heavy atom. The minimum Gasteiger partial charge on any atom is -0.504 e. The molecule has 0 fully saturated rings. The summed E-state index contributed by atoms with van der Waals surface area (Å²) in [5.74, 6) is -0.375. The third-order valence-electron chi connectivity index (χ3n) is 4.42. The van der Waals surface area contributed by atoms with E-state index >= 15 is 0 Å². The summed E-state index contributed by atoms with van der Waals surface area (Å²) in [7, 11) is 0. The van der Waals surface area contributed by atoms with E-state index in [1.54, 1.807) is 36.4 Å². The molecule has 2 heterocycles. The highest BCUT2D eigenvalue weighted by molar-refractivity contribution is 5.83. The summed E-state index contributed by atoms with van der Waals surface area (Å²) >= 11 is 0. The van der Waals surface area contributed by atoms with Crippen LogP contribution in [0.15, 0.2) is 42.5 Å². The molecular weight excluding hydrogens is 383 g/mol. The van der Waals surface area contributed by atoms with Gasteiger partial charge in [-0.1, -0.05) is 29.8 Å². The molecule has 0 radical (unpaired) electrons. The van der Waals surface area contributed by atoms with Gasteiger partial charge in [0, 0.05) is 5.56 Å². The fourth-order valence-electron chi connectivity index (χ4n) is 3.06. The summed E-state index contributed by atoms with van der Waals surface area (Å²) in [6.07, 6.45) is -4.54. The Labute approximate surface area is 162 Å². The molecule has 0 saturated heterocycles. The van der Waals surface area contributed by atoms with Crippen LogP contribution in [-0.4, -0.2) is 31.0 Å². The molecule has 0 unspecified atom stereocenters. The maximum Gasteiger partial charge on any atom is 0.408 e. The normalized spacial score (nSPS) is 11.7. The number of aromatic nitrogens is 4. The molecule has 0 bridgehead atoms. The second kappa shape index (κ2) is 6.67. The van der Waals surface area contributed by atoms with Crippen LogP contribution in [0, 0.1) is 18.3 Å². The van der Waals surface area contributed by atoms with E-state index in [1.807, 2.05) is 13.0 Å². The lowest BCUT2D eigenvalue weighted by atomic mass is 10.1. The number of aromatic amines is 1. The second-order valence-electron chi connectivity index (χ2n) is 6.61. The van der Waals surface area contributed by atoms with Gasteiger partial charge in [0.25, 0.3) is 0 Å². The highest BCUT2D eigenvalue weighted by Crippen LogP contribution is 2.38. The minimum atomic E-state index is -4.54.